The van der Waals surface area contributed by atoms with E-state index >= 15 is 0 Å². The first-order valence-corrected chi connectivity index (χ1v) is 9.03. The Morgan fingerprint density at radius 1 is 0.607 bits per heavy atom. The number of hydrogen-bond acceptors (Lipinski definition) is 4. The van der Waals surface area contributed by atoms with Crippen molar-refractivity contribution in [3.05, 3.63) is 94.0 Å². The van der Waals surface area contributed by atoms with Crippen LogP contribution in [-0.4, -0.2) is 11.9 Å². The van der Waals surface area contributed by atoms with Crippen LogP contribution in [0, 0.1) is 27.7 Å². The van der Waals surface area contributed by atoms with E-state index in [1.165, 1.54) is 0 Å². The van der Waals surface area contributed by atoms with Gasteiger partial charge in [0.15, 0.2) is 0 Å². The molecule has 0 saturated heterocycles. The van der Waals surface area contributed by atoms with E-state index in [0.29, 0.717) is 11.5 Å². The fourth-order valence-electron chi connectivity index (χ4n) is 2.98. The van der Waals surface area contributed by atoms with Gasteiger partial charge in [-0.3, -0.25) is 0 Å². The predicted octanol–water partition coefficient (Wildman–Crippen LogP) is 5.36. The Kier molecular flexibility index (Phi) is 5.59. The van der Waals surface area contributed by atoms with E-state index in [2.05, 4.69) is 0 Å². The minimum atomic E-state index is -0.597. The van der Waals surface area contributed by atoms with Crippen LogP contribution in [0.3, 0.4) is 0 Å². The summed E-state index contributed by atoms with van der Waals surface area (Å²) in [6, 6.07) is 17.6. The van der Waals surface area contributed by atoms with Crippen molar-refractivity contribution in [2.75, 3.05) is 0 Å². The van der Waals surface area contributed by atoms with E-state index in [-0.39, 0.29) is 11.1 Å². The van der Waals surface area contributed by atoms with Gasteiger partial charge < -0.3 is 9.47 Å². The third-order valence-electron chi connectivity index (χ3n) is 4.43. The second-order valence-corrected chi connectivity index (χ2v) is 6.86. The van der Waals surface area contributed by atoms with Gasteiger partial charge in [-0.2, -0.15) is 0 Å². The van der Waals surface area contributed by atoms with Crippen LogP contribution in [0.4, 0.5) is 0 Å². The summed E-state index contributed by atoms with van der Waals surface area (Å²) in [5.41, 5.74) is 4.19. The van der Waals surface area contributed by atoms with Gasteiger partial charge in [0.2, 0.25) is 0 Å². The van der Waals surface area contributed by atoms with Crippen LogP contribution in [0.2, 0.25) is 0 Å². The molecule has 0 spiro atoms. The van der Waals surface area contributed by atoms with E-state index in [0.717, 1.165) is 22.3 Å². The number of benzene rings is 3. The summed E-state index contributed by atoms with van der Waals surface area (Å²) in [5, 5.41) is 0. The van der Waals surface area contributed by atoms with E-state index < -0.39 is 11.9 Å². The van der Waals surface area contributed by atoms with Crippen molar-refractivity contribution in [2.45, 2.75) is 27.7 Å². The molecule has 0 aliphatic rings. The highest BCUT2D eigenvalue weighted by atomic mass is 16.5. The molecule has 3 aromatic carbocycles. The molecular weight excluding hydrogens is 352 g/mol. The Labute approximate surface area is 164 Å². The van der Waals surface area contributed by atoms with Crippen molar-refractivity contribution < 1.29 is 19.1 Å². The summed E-state index contributed by atoms with van der Waals surface area (Å²) < 4.78 is 11.0. The van der Waals surface area contributed by atoms with Crippen LogP contribution in [0.5, 0.6) is 11.5 Å². The third-order valence-corrected chi connectivity index (χ3v) is 4.43. The molecule has 0 heterocycles. The molecule has 0 aliphatic carbocycles. The third kappa shape index (κ3) is 4.29. The largest absolute Gasteiger partial charge is 0.423 e. The number of carbonyl (C=O) groups excluding carboxylic acids is 2. The minimum absolute atomic E-state index is 0.164. The van der Waals surface area contributed by atoms with E-state index in [1.54, 1.807) is 36.4 Å². The topological polar surface area (TPSA) is 52.6 Å². The summed E-state index contributed by atoms with van der Waals surface area (Å²) >= 11 is 0. The maximum atomic E-state index is 12.7. The number of hydrogen-bond donors (Lipinski definition) is 0. The van der Waals surface area contributed by atoms with Gasteiger partial charge in [0.05, 0.1) is 11.1 Å². The molecule has 4 nitrogen and oxygen atoms in total. The lowest BCUT2D eigenvalue weighted by atomic mass is 10.1. The normalized spacial score (nSPS) is 10.4. The molecule has 0 fully saturated rings. The first-order valence-electron chi connectivity index (χ1n) is 9.03. The van der Waals surface area contributed by atoms with Crippen LogP contribution in [0.1, 0.15) is 43.0 Å². The van der Waals surface area contributed by atoms with Crippen molar-refractivity contribution >= 4 is 11.9 Å². The molecule has 142 valence electrons. The second kappa shape index (κ2) is 8.09. The van der Waals surface area contributed by atoms with Gasteiger partial charge in [-0.15, -0.1) is 0 Å². The number of rotatable bonds is 4. The van der Waals surface area contributed by atoms with E-state index in [4.69, 9.17) is 9.47 Å². The van der Waals surface area contributed by atoms with Crippen LogP contribution in [-0.2, 0) is 0 Å². The standard InChI is InChI=1S/C24H22O4/c1-15-9-11-21(17(3)13-15)27-23(25)19-7-5-6-8-20(19)24(26)28-22-12-10-16(2)14-18(22)4/h5-14H,1-4H3. The maximum Gasteiger partial charge on any atom is 0.344 e. The molecule has 3 rings (SSSR count). The zero-order chi connectivity index (χ0) is 20.3. The van der Waals surface area contributed by atoms with Crippen LogP contribution < -0.4 is 9.47 Å². The number of aryl methyl sites for hydroxylation is 4. The van der Waals surface area contributed by atoms with E-state index in [9.17, 15) is 9.59 Å². The molecule has 3 aromatic rings. The second-order valence-electron chi connectivity index (χ2n) is 6.86. The van der Waals surface area contributed by atoms with E-state index in [1.807, 2.05) is 52.0 Å². The summed E-state index contributed by atoms with van der Waals surface area (Å²) in [7, 11) is 0. The summed E-state index contributed by atoms with van der Waals surface area (Å²) in [6.45, 7) is 7.68. The molecule has 0 aliphatic heterocycles. The monoisotopic (exact) mass is 374 g/mol. The quantitative estimate of drug-likeness (QED) is 0.456. The minimum Gasteiger partial charge on any atom is -0.423 e. The highest BCUT2D eigenvalue weighted by Crippen LogP contribution is 2.23. The van der Waals surface area contributed by atoms with Crippen LogP contribution >= 0.6 is 0 Å². The van der Waals surface area contributed by atoms with Crippen molar-refractivity contribution in [3.63, 3.8) is 0 Å². The molecule has 0 bridgehead atoms. The molecule has 0 aromatic heterocycles. The van der Waals surface area contributed by atoms with Gasteiger partial charge in [-0.25, -0.2) is 9.59 Å². The number of esters is 2. The molecule has 0 saturated carbocycles. The van der Waals surface area contributed by atoms with Gasteiger partial charge in [0.1, 0.15) is 11.5 Å². The SMILES string of the molecule is Cc1ccc(OC(=O)c2ccccc2C(=O)Oc2ccc(C)cc2C)c(C)c1. The highest BCUT2D eigenvalue weighted by molar-refractivity contribution is 6.04. The van der Waals surface area contributed by atoms with Crippen molar-refractivity contribution in [3.8, 4) is 11.5 Å². The molecule has 28 heavy (non-hydrogen) atoms. The first-order chi connectivity index (χ1) is 13.3. The fourth-order valence-corrected chi connectivity index (χ4v) is 2.98. The highest BCUT2D eigenvalue weighted by Gasteiger charge is 2.21. The summed E-state index contributed by atoms with van der Waals surface area (Å²) in [5.74, 6) is -0.262. The predicted molar refractivity (Wildman–Crippen MR) is 108 cm³/mol. The zero-order valence-corrected chi connectivity index (χ0v) is 16.4. The molecular formula is C24H22O4. The average molecular weight is 374 g/mol. The first kappa shape index (κ1) is 19.4. The average Bonchev–Trinajstić information content (AvgIpc) is 2.66. The Balaban J connectivity index is 1.85. The Morgan fingerprint density at radius 3 is 1.36 bits per heavy atom. The lowest BCUT2D eigenvalue weighted by Gasteiger charge is -2.12. The Hall–Kier alpha value is -3.40. The Morgan fingerprint density at radius 2 is 1.00 bits per heavy atom. The maximum absolute atomic E-state index is 12.7. The lowest BCUT2D eigenvalue weighted by molar-refractivity contribution is 0.0691. The van der Waals surface area contributed by atoms with Gasteiger partial charge >= 0.3 is 11.9 Å². The van der Waals surface area contributed by atoms with Crippen molar-refractivity contribution in [2.24, 2.45) is 0 Å². The summed E-state index contributed by atoms with van der Waals surface area (Å²) in [4.78, 5) is 25.4. The molecule has 0 atom stereocenters. The molecule has 0 amide bonds. The van der Waals surface area contributed by atoms with Crippen LogP contribution in [0.25, 0.3) is 0 Å². The number of carbonyl (C=O) groups is 2. The lowest BCUT2D eigenvalue weighted by Crippen LogP contribution is -2.18. The van der Waals surface area contributed by atoms with Gasteiger partial charge in [0, 0.05) is 0 Å². The molecule has 0 radical (unpaired) electrons. The Bertz CT molecular complexity index is 966. The zero-order valence-electron chi connectivity index (χ0n) is 16.4. The van der Waals surface area contributed by atoms with Crippen molar-refractivity contribution in [1.82, 2.24) is 0 Å². The molecule has 0 N–H and O–H groups in total. The van der Waals surface area contributed by atoms with Gasteiger partial charge in [-0.05, 0) is 63.1 Å². The van der Waals surface area contributed by atoms with Gasteiger partial charge in [0.25, 0.3) is 0 Å². The van der Waals surface area contributed by atoms with Crippen molar-refractivity contribution in [1.29, 1.82) is 0 Å². The molecule has 0 unspecified atom stereocenters. The fraction of sp³-hybridized carbons (Fsp3) is 0.167. The summed E-state index contributed by atoms with van der Waals surface area (Å²) in [6.07, 6.45) is 0. The number of ether oxygens (including phenoxy) is 2. The molecule has 4 heteroatoms. The van der Waals surface area contributed by atoms with Crippen LogP contribution in [0.15, 0.2) is 60.7 Å². The smallest absolute Gasteiger partial charge is 0.344 e. The van der Waals surface area contributed by atoms with Gasteiger partial charge in [-0.1, -0.05) is 47.5 Å².